The molecule has 0 bridgehead atoms. The standard InChI is InChI=1S/C34H38O8/c1-33(2)37-13-21-27(41-33)31-25-19(11-35-31)15-7-5-9-17(15)23(29(25)39-21)24-18-10-6-8-16(18)20-12-36-32-26(20)30(24)40-22-14-38-34(3,4)42-28(22)32/h21-22,27-28,31-32H,5-14H2,1-4H3/t21-,22-,27-,28-,31-,32-/m1/s1. The Morgan fingerprint density at radius 1 is 0.548 bits per heavy atom. The molecule has 0 aromatic heterocycles. The lowest BCUT2D eigenvalue weighted by molar-refractivity contribution is -0.321. The summed E-state index contributed by atoms with van der Waals surface area (Å²) in [5, 5.41) is 0. The van der Waals surface area contributed by atoms with Crippen LogP contribution in [0.4, 0.5) is 0 Å². The molecule has 0 N–H and O–H groups in total. The number of hydrogen-bond acceptors (Lipinski definition) is 8. The molecule has 6 heterocycles. The van der Waals surface area contributed by atoms with Gasteiger partial charge in [-0.1, -0.05) is 0 Å². The Morgan fingerprint density at radius 2 is 0.976 bits per heavy atom. The minimum Gasteiger partial charge on any atom is -0.484 e. The van der Waals surface area contributed by atoms with Crippen LogP contribution in [0.5, 0.6) is 11.5 Å². The highest BCUT2D eigenvalue weighted by Gasteiger charge is 2.55. The molecule has 0 spiro atoms. The van der Waals surface area contributed by atoms with E-state index in [1.807, 2.05) is 27.7 Å². The van der Waals surface area contributed by atoms with Gasteiger partial charge in [-0.3, -0.25) is 0 Å². The quantitative estimate of drug-likeness (QED) is 0.455. The number of rotatable bonds is 1. The highest BCUT2D eigenvalue weighted by atomic mass is 16.7. The second kappa shape index (κ2) is 8.29. The van der Waals surface area contributed by atoms with Crippen molar-refractivity contribution >= 4 is 0 Å². The summed E-state index contributed by atoms with van der Waals surface area (Å²) in [5.74, 6) is 0.586. The molecule has 6 aliphatic heterocycles. The summed E-state index contributed by atoms with van der Waals surface area (Å²) in [7, 11) is 0. The molecular weight excluding hydrogens is 536 g/mol. The third kappa shape index (κ3) is 3.23. The lowest BCUT2D eigenvalue weighted by Crippen LogP contribution is -2.55. The molecule has 0 unspecified atom stereocenters. The molecule has 8 aliphatic rings. The zero-order chi connectivity index (χ0) is 28.1. The van der Waals surface area contributed by atoms with Crippen LogP contribution >= 0.6 is 0 Å². The first kappa shape index (κ1) is 25.2. The Kier molecular flexibility index (Phi) is 4.96. The average molecular weight is 575 g/mol. The van der Waals surface area contributed by atoms with E-state index < -0.39 is 11.6 Å². The Balaban J connectivity index is 1.23. The largest absolute Gasteiger partial charge is 0.484 e. The van der Waals surface area contributed by atoms with Gasteiger partial charge >= 0.3 is 0 Å². The van der Waals surface area contributed by atoms with Crippen LogP contribution in [-0.4, -0.2) is 49.2 Å². The molecule has 2 saturated heterocycles. The Morgan fingerprint density at radius 3 is 1.43 bits per heavy atom. The number of ether oxygens (including phenoxy) is 8. The van der Waals surface area contributed by atoms with Gasteiger partial charge in [-0.05, 0) is 99.6 Å². The molecule has 8 heteroatoms. The van der Waals surface area contributed by atoms with E-state index in [0.29, 0.717) is 26.4 Å². The second-order valence-electron chi connectivity index (χ2n) is 14.2. The van der Waals surface area contributed by atoms with Crippen molar-refractivity contribution in [2.45, 2.75) is 128 Å². The van der Waals surface area contributed by atoms with Crippen LogP contribution in [-0.2, 0) is 67.3 Å². The zero-order valence-electron chi connectivity index (χ0n) is 24.8. The number of benzene rings is 2. The third-order valence-corrected chi connectivity index (χ3v) is 10.9. The van der Waals surface area contributed by atoms with E-state index in [1.165, 1.54) is 55.6 Å². The molecule has 6 atom stereocenters. The maximum atomic E-state index is 7.02. The minimum absolute atomic E-state index is 0.163. The van der Waals surface area contributed by atoms with Crippen LogP contribution in [0.25, 0.3) is 11.1 Å². The van der Waals surface area contributed by atoms with Crippen molar-refractivity contribution in [2.75, 3.05) is 13.2 Å². The molecule has 8 nitrogen and oxygen atoms in total. The summed E-state index contributed by atoms with van der Waals surface area (Å²) >= 11 is 0. The molecule has 42 heavy (non-hydrogen) atoms. The lowest BCUT2D eigenvalue weighted by atomic mass is 9.79. The highest BCUT2D eigenvalue weighted by molar-refractivity contribution is 5.89. The molecule has 0 saturated carbocycles. The van der Waals surface area contributed by atoms with Gasteiger partial charge in [0.15, 0.2) is 23.8 Å². The fourth-order valence-corrected chi connectivity index (χ4v) is 9.23. The van der Waals surface area contributed by atoms with E-state index in [-0.39, 0.29) is 36.6 Å². The second-order valence-corrected chi connectivity index (χ2v) is 14.2. The maximum Gasteiger partial charge on any atom is 0.163 e. The van der Waals surface area contributed by atoms with E-state index in [0.717, 1.165) is 50.0 Å². The first-order chi connectivity index (χ1) is 20.3. The summed E-state index contributed by atoms with van der Waals surface area (Å²) in [4.78, 5) is 0. The van der Waals surface area contributed by atoms with E-state index in [1.54, 1.807) is 0 Å². The van der Waals surface area contributed by atoms with Gasteiger partial charge in [0.25, 0.3) is 0 Å². The Labute approximate surface area is 245 Å². The molecule has 0 amide bonds. The fraction of sp³-hybridized carbons (Fsp3) is 0.647. The SMILES string of the molecule is CC1(C)OC[C@H]2Oc3c(-c4c5c(c6c7c4O[C@@H]4COC(C)(C)O[C@H]4[C@@H]7OC6)CCC5)c4c(c5c3[C@@H](OC5)[C@@H]2O1)CCC4. The van der Waals surface area contributed by atoms with E-state index in [9.17, 15) is 0 Å². The minimum atomic E-state index is -0.670. The zero-order valence-corrected chi connectivity index (χ0v) is 24.8. The van der Waals surface area contributed by atoms with Crippen LogP contribution in [0.3, 0.4) is 0 Å². The maximum absolute atomic E-state index is 7.02. The summed E-state index contributed by atoms with van der Waals surface area (Å²) in [6.45, 7) is 10.1. The van der Waals surface area contributed by atoms with Crippen molar-refractivity contribution in [1.82, 2.24) is 0 Å². The van der Waals surface area contributed by atoms with Crippen molar-refractivity contribution in [3.05, 3.63) is 44.5 Å². The number of hydrogen-bond donors (Lipinski definition) is 0. The average Bonchev–Trinajstić information content (AvgIpc) is 3.75. The van der Waals surface area contributed by atoms with Crippen molar-refractivity contribution < 1.29 is 37.9 Å². The first-order valence-electron chi connectivity index (χ1n) is 15.9. The monoisotopic (exact) mass is 574 g/mol. The van der Waals surface area contributed by atoms with Gasteiger partial charge in [0.2, 0.25) is 0 Å². The van der Waals surface area contributed by atoms with Gasteiger partial charge < -0.3 is 37.9 Å². The summed E-state index contributed by atoms with van der Waals surface area (Å²) < 4.78 is 52.4. The van der Waals surface area contributed by atoms with Gasteiger partial charge in [0.05, 0.1) is 26.4 Å². The Bertz CT molecular complexity index is 1440. The van der Waals surface area contributed by atoms with Crippen molar-refractivity contribution in [3.8, 4) is 22.6 Å². The fourth-order valence-electron chi connectivity index (χ4n) is 9.23. The van der Waals surface area contributed by atoms with E-state index >= 15 is 0 Å². The van der Waals surface area contributed by atoms with Crippen LogP contribution in [0.2, 0.25) is 0 Å². The third-order valence-electron chi connectivity index (χ3n) is 10.9. The van der Waals surface area contributed by atoms with Crippen LogP contribution in [0.1, 0.15) is 97.3 Å². The topological polar surface area (TPSA) is 73.8 Å². The van der Waals surface area contributed by atoms with Gasteiger partial charge in [-0.15, -0.1) is 0 Å². The lowest BCUT2D eigenvalue weighted by Gasteiger charge is -2.47. The van der Waals surface area contributed by atoms with Crippen LogP contribution in [0.15, 0.2) is 0 Å². The smallest absolute Gasteiger partial charge is 0.163 e. The molecule has 2 aromatic rings. The molecular formula is C34H38O8. The van der Waals surface area contributed by atoms with Crippen molar-refractivity contribution in [3.63, 3.8) is 0 Å². The molecule has 0 radical (unpaired) electrons. The van der Waals surface area contributed by atoms with Crippen LogP contribution in [0, 0.1) is 0 Å². The molecule has 222 valence electrons. The van der Waals surface area contributed by atoms with Gasteiger partial charge in [0.1, 0.15) is 35.9 Å². The molecule has 10 rings (SSSR count). The summed E-state index contributed by atoms with van der Waals surface area (Å²) in [6.07, 6.45) is 5.29. The van der Waals surface area contributed by atoms with Crippen molar-refractivity contribution in [2.24, 2.45) is 0 Å². The first-order valence-corrected chi connectivity index (χ1v) is 15.9. The summed E-state index contributed by atoms with van der Waals surface area (Å²) in [6, 6.07) is 0. The molecule has 2 aliphatic carbocycles. The van der Waals surface area contributed by atoms with Gasteiger partial charge in [-0.2, -0.15) is 0 Å². The molecule has 2 fully saturated rings. The van der Waals surface area contributed by atoms with Crippen LogP contribution < -0.4 is 9.47 Å². The predicted octanol–water partition coefficient (Wildman–Crippen LogP) is 5.30. The Hall–Kier alpha value is -2.20. The van der Waals surface area contributed by atoms with E-state index in [4.69, 9.17) is 37.9 Å². The van der Waals surface area contributed by atoms with Gasteiger partial charge in [0, 0.05) is 22.3 Å². The molecule has 2 aromatic carbocycles. The predicted molar refractivity (Wildman–Crippen MR) is 150 cm³/mol. The normalized spacial score (nSPS) is 35.3. The van der Waals surface area contributed by atoms with Crippen molar-refractivity contribution in [1.29, 1.82) is 0 Å². The van der Waals surface area contributed by atoms with Gasteiger partial charge in [-0.25, -0.2) is 0 Å². The van der Waals surface area contributed by atoms with E-state index in [2.05, 4.69) is 0 Å². The number of fused-ring (bicyclic) bond motifs is 8. The highest BCUT2D eigenvalue weighted by Crippen LogP contribution is 2.61. The summed E-state index contributed by atoms with van der Waals surface area (Å²) in [5.41, 5.74) is 13.2.